The van der Waals surface area contributed by atoms with Crippen LogP contribution in [0.3, 0.4) is 0 Å². The number of hydrogen-bond donors (Lipinski definition) is 0. The van der Waals surface area contributed by atoms with Crippen LogP contribution in [0.1, 0.15) is 0 Å². The predicted molar refractivity (Wildman–Crippen MR) is 278 cm³/mol. The van der Waals surface area contributed by atoms with Crippen molar-refractivity contribution >= 4 is 102 Å². The Bertz CT molecular complexity index is 3910. The molecule has 0 radical (unpaired) electrons. The van der Waals surface area contributed by atoms with E-state index in [2.05, 4.69) is 240 Å². The van der Waals surface area contributed by atoms with Gasteiger partial charge in [-0.15, -0.1) is 22.7 Å². The number of para-hydroxylation sites is 3. The van der Waals surface area contributed by atoms with Crippen LogP contribution in [0.25, 0.3) is 101 Å². The molecule has 13 rings (SSSR count). The second-order valence-corrected chi connectivity index (χ2v) is 18.5. The molecule has 3 heterocycles. The van der Waals surface area contributed by atoms with Crippen LogP contribution in [0.2, 0.25) is 0 Å². The molecule has 0 spiro atoms. The molecular formula is C60H38N2S2. The van der Waals surface area contributed by atoms with Crippen molar-refractivity contribution in [1.82, 2.24) is 4.57 Å². The maximum atomic E-state index is 2.53. The normalized spacial score (nSPS) is 11.8. The first kappa shape index (κ1) is 36.9. The molecule has 0 aliphatic heterocycles. The highest BCUT2D eigenvalue weighted by atomic mass is 32.1. The van der Waals surface area contributed by atoms with Crippen molar-refractivity contribution < 1.29 is 0 Å². The first-order valence-corrected chi connectivity index (χ1v) is 23.4. The minimum absolute atomic E-state index is 1.10. The van der Waals surface area contributed by atoms with Gasteiger partial charge in [0.05, 0.1) is 28.1 Å². The summed E-state index contributed by atoms with van der Waals surface area (Å²) in [6.07, 6.45) is 0. The largest absolute Gasteiger partial charge is 0.309 e. The van der Waals surface area contributed by atoms with Gasteiger partial charge in [0, 0.05) is 73.5 Å². The van der Waals surface area contributed by atoms with Gasteiger partial charge < -0.3 is 9.47 Å². The van der Waals surface area contributed by atoms with Gasteiger partial charge in [-0.05, 0) is 71.3 Å². The van der Waals surface area contributed by atoms with Gasteiger partial charge in [-0.3, -0.25) is 0 Å². The molecule has 0 atom stereocenters. The Balaban J connectivity index is 1.13. The Labute approximate surface area is 378 Å². The van der Waals surface area contributed by atoms with E-state index in [1.165, 1.54) is 90.0 Å². The summed E-state index contributed by atoms with van der Waals surface area (Å²) < 4.78 is 7.68. The summed E-state index contributed by atoms with van der Waals surface area (Å²) in [5.41, 5.74) is 14.0. The summed E-state index contributed by atoms with van der Waals surface area (Å²) in [4.78, 5) is 2.53. The fourth-order valence-corrected chi connectivity index (χ4v) is 12.5. The molecule has 13 aromatic rings. The average Bonchev–Trinajstić information content (AvgIpc) is 4.05. The van der Waals surface area contributed by atoms with Gasteiger partial charge in [0.15, 0.2) is 0 Å². The number of anilines is 3. The standard InChI is InChI=1S/C60H38N2S2/c1-3-18-39(19-4-1)42-22-7-11-30-51(42)62-52-31-12-8-25-50(52)58-53(32-17-33-54(58)62)61(41-20-5-2-6-21-41)55-38-40(43-26-15-28-48-45-23-9-13-34-56(45)63-59(43)48)36-37-44(55)47-27-16-29-49-46-24-10-14-35-57(46)64-60(47)49/h1-38H. The molecule has 2 nitrogen and oxygen atoms in total. The van der Waals surface area contributed by atoms with Gasteiger partial charge >= 0.3 is 0 Å². The van der Waals surface area contributed by atoms with Gasteiger partial charge in [-0.25, -0.2) is 0 Å². The summed E-state index contributed by atoms with van der Waals surface area (Å²) in [6, 6.07) is 84.7. The van der Waals surface area contributed by atoms with E-state index < -0.39 is 0 Å². The van der Waals surface area contributed by atoms with Gasteiger partial charge in [0.2, 0.25) is 0 Å². The summed E-state index contributed by atoms with van der Waals surface area (Å²) in [5.74, 6) is 0. The molecular weight excluding hydrogens is 813 g/mol. The van der Waals surface area contributed by atoms with Crippen molar-refractivity contribution in [2.24, 2.45) is 0 Å². The lowest BCUT2D eigenvalue weighted by atomic mass is 9.95. The molecule has 10 aromatic carbocycles. The average molecular weight is 851 g/mol. The van der Waals surface area contributed by atoms with Gasteiger partial charge in [-0.1, -0.05) is 176 Å². The lowest BCUT2D eigenvalue weighted by molar-refractivity contribution is 1.18. The van der Waals surface area contributed by atoms with E-state index in [-0.39, 0.29) is 0 Å². The van der Waals surface area contributed by atoms with Crippen LogP contribution in [0, 0.1) is 0 Å². The first-order chi connectivity index (χ1) is 31.8. The molecule has 0 aliphatic rings. The third kappa shape index (κ3) is 5.77. The fraction of sp³-hybridized carbons (Fsp3) is 0. The van der Waals surface area contributed by atoms with Crippen molar-refractivity contribution in [1.29, 1.82) is 0 Å². The Morgan fingerprint density at radius 2 is 0.875 bits per heavy atom. The minimum Gasteiger partial charge on any atom is -0.309 e. The predicted octanol–water partition coefficient (Wildman–Crippen LogP) is 18.0. The molecule has 0 aliphatic carbocycles. The Morgan fingerprint density at radius 3 is 1.62 bits per heavy atom. The number of nitrogens with zero attached hydrogens (tertiary/aromatic N) is 2. The van der Waals surface area contributed by atoms with Crippen LogP contribution in [0.4, 0.5) is 17.1 Å². The molecule has 0 saturated carbocycles. The van der Waals surface area contributed by atoms with Crippen LogP contribution < -0.4 is 4.90 Å². The molecule has 0 unspecified atom stereocenters. The van der Waals surface area contributed by atoms with E-state index >= 15 is 0 Å². The van der Waals surface area contributed by atoms with Crippen LogP contribution in [-0.4, -0.2) is 4.57 Å². The van der Waals surface area contributed by atoms with E-state index in [4.69, 9.17) is 0 Å². The number of aromatic nitrogens is 1. The highest BCUT2D eigenvalue weighted by Gasteiger charge is 2.26. The van der Waals surface area contributed by atoms with E-state index in [1.54, 1.807) is 0 Å². The number of hydrogen-bond acceptors (Lipinski definition) is 3. The highest BCUT2D eigenvalue weighted by Crippen LogP contribution is 2.51. The Hall–Kier alpha value is -7.76. The third-order valence-corrected chi connectivity index (χ3v) is 15.2. The molecule has 4 heteroatoms. The molecule has 64 heavy (non-hydrogen) atoms. The highest BCUT2D eigenvalue weighted by molar-refractivity contribution is 7.26. The van der Waals surface area contributed by atoms with Gasteiger partial charge in [0.1, 0.15) is 0 Å². The summed E-state index contributed by atoms with van der Waals surface area (Å²) in [6.45, 7) is 0. The van der Waals surface area contributed by atoms with Crippen LogP contribution >= 0.6 is 22.7 Å². The van der Waals surface area contributed by atoms with E-state index in [0.29, 0.717) is 0 Å². The second kappa shape index (κ2) is 15.0. The van der Waals surface area contributed by atoms with Crippen molar-refractivity contribution in [2.75, 3.05) is 4.90 Å². The molecule has 0 N–H and O–H groups in total. The lowest BCUT2D eigenvalue weighted by Crippen LogP contribution is -2.12. The van der Waals surface area contributed by atoms with Gasteiger partial charge in [0.25, 0.3) is 0 Å². The Kier molecular flexibility index (Phi) is 8.61. The first-order valence-electron chi connectivity index (χ1n) is 21.8. The van der Waals surface area contributed by atoms with Crippen molar-refractivity contribution in [3.05, 3.63) is 231 Å². The summed E-state index contributed by atoms with van der Waals surface area (Å²) in [5, 5.41) is 7.60. The van der Waals surface area contributed by atoms with E-state index in [9.17, 15) is 0 Å². The Morgan fingerprint density at radius 1 is 0.328 bits per heavy atom. The molecule has 0 fully saturated rings. The zero-order valence-corrected chi connectivity index (χ0v) is 36.3. The third-order valence-electron chi connectivity index (χ3n) is 12.8. The number of benzene rings is 10. The quantitative estimate of drug-likeness (QED) is 0.155. The van der Waals surface area contributed by atoms with Crippen molar-refractivity contribution in [3.63, 3.8) is 0 Å². The molecule has 0 saturated heterocycles. The van der Waals surface area contributed by atoms with Crippen molar-refractivity contribution in [3.8, 4) is 39.1 Å². The van der Waals surface area contributed by atoms with E-state index in [1.807, 2.05) is 22.7 Å². The smallest absolute Gasteiger partial charge is 0.0562 e. The number of rotatable bonds is 7. The SMILES string of the molecule is c1ccc(-c2ccccc2-n2c3ccccc3c3c(N(c4ccccc4)c4cc(-c5cccc6c5sc5ccccc56)ccc4-c4cccc5c4sc4ccccc45)cccc32)cc1. The maximum absolute atomic E-state index is 2.53. The molecule has 0 bridgehead atoms. The van der Waals surface area contributed by atoms with E-state index in [0.717, 1.165) is 28.3 Å². The zero-order valence-electron chi connectivity index (χ0n) is 34.7. The van der Waals surface area contributed by atoms with Crippen molar-refractivity contribution in [2.45, 2.75) is 0 Å². The van der Waals surface area contributed by atoms with Crippen LogP contribution in [-0.2, 0) is 0 Å². The van der Waals surface area contributed by atoms with Gasteiger partial charge in [-0.2, -0.15) is 0 Å². The molecule has 300 valence electrons. The maximum Gasteiger partial charge on any atom is 0.0562 e. The summed E-state index contributed by atoms with van der Waals surface area (Å²) >= 11 is 3.77. The number of thiophene rings is 2. The second-order valence-electron chi connectivity index (χ2n) is 16.4. The van der Waals surface area contributed by atoms with Crippen LogP contribution in [0.15, 0.2) is 231 Å². The lowest BCUT2D eigenvalue weighted by Gasteiger charge is -2.29. The monoisotopic (exact) mass is 850 g/mol. The topological polar surface area (TPSA) is 8.17 Å². The minimum atomic E-state index is 1.10. The number of fused-ring (bicyclic) bond motifs is 9. The fourth-order valence-electron chi connectivity index (χ4n) is 10.0. The molecule has 0 amide bonds. The molecule has 3 aromatic heterocycles. The zero-order chi connectivity index (χ0) is 42.1. The summed E-state index contributed by atoms with van der Waals surface area (Å²) in [7, 11) is 0. The van der Waals surface area contributed by atoms with Crippen LogP contribution in [0.5, 0.6) is 0 Å².